The molecule has 0 unspecified atom stereocenters. The molecule has 2 fully saturated rings. The molecule has 2 aliphatic heterocycles. The van der Waals surface area contributed by atoms with Gasteiger partial charge in [-0.3, -0.25) is 19.4 Å². The van der Waals surface area contributed by atoms with Gasteiger partial charge in [-0.2, -0.15) is 13.1 Å². The minimum Gasteiger partial charge on any atom is -0.444 e. The lowest BCUT2D eigenvalue weighted by Crippen LogP contribution is -2.59. The van der Waals surface area contributed by atoms with Crippen LogP contribution in [-0.2, 0) is 35.9 Å². The number of fused-ring (bicyclic) bond motifs is 2. The smallest absolute Gasteiger partial charge is 0.408 e. The molecule has 0 aromatic carbocycles. The van der Waals surface area contributed by atoms with Crippen molar-refractivity contribution in [1.82, 2.24) is 30.0 Å². The van der Waals surface area contributed by atoms with Gasteiger partial charge in [-0.25, -0.2) is 9.52 Å². The Balaban J connectivity index is 1.50. The minimum absolute atomic E-state index is 0.121. The summed E-state index contributed by atoms with van der Waals surface area (Å²) in [6.45, 7) is 5.40. The van der Waals surface area contributed by atoms with Crippen molar-refractivity contribution in [3.63, 3.8) is 0 Å². The minimum atomic E-state index is -4.26. The van der Waals surface area contributed by atoms with Crippen molar-refractivity contribution < 1.29 is 32.3 Å². The monoisotopic (exact) mass is 618 g/mol. The summed E-state index contributed by atoms with van der Waals surface area (Å²) in [7, 11) is -4.26. The van der Waals surface area contributed by atoms with Gasteiger partial charge >= 0.3 is 16.3 Å². The molecule has 4 atom stereocenters. The molecule has 0 bridgehead atoms. The van der Waals surface area contributed by atoms with Crippen molar-refractivity contribution >= 4 is 34.0 Å². The molecule has 4 amide bonds. The van der Waals surface area contributed by atoms with Crippen molar-refractivity contribution in [2.75, 3.05) is 6.54 Å². The van der Waals surface area contributed by atoms with E-state index in [0.717, 1.165) is 12.8 Å². The van der Waals surface area contributed by atoms with Crippen LogP contribution in [0.2, 0.25) is 0 Å². The molecule has 3 aliphatic rings. The number of nitrogens with zero attached hydrogens (tertiary/aromatic N) is 2. The van der Waals surface area contributed by atoms with E-state index >= 15 is 0 Å². The van der Waals surface area contributed by atoms with E-state index in [1.807, 2.05) is 12.2 Å². The third-order valence-electron chi connectivity index (χ3n) is 7.72. The first kappa shape index (κ1) is 32.4. The van der Waals surface area contributed by atoms with Crippen LogP contribution in [-0.4, -0.2) is 71.9 Å². The predicted molar refractivity (Wildman–Crippen MR) is 157 cm³/mol. The number of allylic oxidation sites excluding steroid dienone is 1. The van der Waals surface area contributed by atoms with Gasteiger partial charge in [0.25, 0.3) is 5.91 Å². The second kappa shape index (κ2) is 13.4. The van der Waals surface area contributed by atoms with Crippen LogP contribution in [0, 0.1) is 5.92 Å². The molecule has 13 nitrogen and oxygen atoms in total. The van der Waals surface area contributed by atoms with Gasteiger partial charge in [-0.05, 0) is 71.4 Å². The Kier molecular flexibility index (Phi) is 10.1. The maximum atomic E-state index is 13.7. The molecule has 1 aromatic heterocycles. The van der Waals surface area contributed by atoms with Crippen LogP contribution in [0.25, 0.3) is 0 Å². The van der Waals surface area contributed by atoms with Gasteiger partial charge in [0.05, 0.1) is 12.2 Å². The van der Waals surface area contributed by atoms with Gasteiger partial charge in [0.2, 0.25) is 11.8 Å². The standard InChI is InChI=1S/C29H42N6O7S/c1-28(2,3)42-27(39)32-22-14-8-6-4-5-7-12-20-18-29(20,33-24(36)23-15-11-17-35(23)25(22)37)26(38)34-43(40,41)31-19-21-13-9-10-16-30-21/h7,9-10,12-13,16,20,22-23,31H,4-6,8,11,14-15,17-19H2,1-3H3,(H,32,39)(H,33,36)(H,34,38)/b12-7-/t20-,22+,23+,29-/m1/s1. The first-order chi connectivity index (χ1) is 20.3. The third kappa shape index (κ3) is 8.75. The molecule has 14 heteroatoms. The Morgan fingerprint density at radius 2 is 1.93 bits per heavy atom. The van der Waals surface area contributed by atoms with Crippen LogP contribution in [0.4, 0.5) is 4.79 Å². The Morgan fingerprint density at radius 1 is 1.14 bits per heavy atom. The van der Waals surface area contributed by atoms with Gasteiger partial charge in [0, 0.05) is 18.7 Å². The molecular formula is C29H42N6O7S. The largest absolute Gasteiger partial charge is 0.444 e. The van der Waals surface area contributed by atoms with Gasteiger partial charge in [-0.1, -0.05) is 31.1 Å². The highest BCUT2D eigenvalue weighted by atomic mass is 32.2. The van der Waals surface area contributed by atoms with E-state index in [9.17, 15) is 27.6 Å². The fourth-order valence-corrected chi connectivity index (χ4v) is 6.30. The van der Waals surface area contributed by atoms with E-state index in [-0.39, 0.29) is 18.9 Å². The molecule has 236 valence electrons. The van der Waals surface area contributed by atoms with E-state index in [1.165, 1.54) is 11.1 Å². The Morgan fingerprint density at radius 3 is 2.65 bits per heavy atom. The van der Waals surface area contributed by atoms with E-state index in [0.29, 0.717) is 44.3 Å². The quantitative estimate of drug-likeness (QED) is 0.349. The number of aromatic nitrogens is 1. The zero-order valence-electron chi connectivity index (χ0n) is 24.9. The van der Waals surface area contributed by atoms with Crippen LogP contribution in [0.1, 0.15) is 77.8 Å². The summed E-state index contributed by atoms with van der Waals surface area (Å²) in [5, 5.41) is 5.50. The molecule has 1 aliphatic carbocycles. The number of hydrogen-bond acceptors (Lipinski definition) is 8. The molecule has 0 spiro atoms. The van der Waals surface area contributed by atoms with Gasteiger partial charge in [0.15, 0.2) is 0 Å². The first-order valence-corrected chi connectivity index (χ1v) is 16.3. The summed E-state index contributed by atoms with van der Waals surface area (Å²) in [4.78, 5) is 58.8. The van der Waals surface area contributed by atoms with E-state index in [2.05, 4.69) is 25.1 Å². The number of carbonyl (C=O) groups excluding carboxylic acids is 4. The molecule has 4 rings (SSSR count). The average Bonchev–Trinajstić information content (AvgIpc) is 3.39. The highest BCUT2D eigenvalue weighted by Gasteiger charge is 2.61. The molecule has 3 heterocycles. The fourth-order valence-electron chi connectivity index (χ4n) is 5.46. The number of carbonyl (C=O) groups is 4. The molecule has 4 N–H and O–H groups in total. The molecule has 0 radical (unpaired) electrons. The molecule has 1 saturated heterocycles. The van der Waals surface area contributed by atoms with Crippen LogP contribution in [0.3, 0.4) is 0 Å². The average molecular weight is 619 g/mol. The number of pyridine rings is 1. The Bertz CT molecular complexity index is 1330. The maximum Gasteiger partial charge on any atom is 0.408 e. The van der Waals surface area contributed by atoms with Gasteiger partial charge in [-0.15, -0.1) is 0 Å². The topological polar surface area (TPSA) is 176 Å². The van der Waals surface area contributed by atoms with Gasteiger partial charge < -0.3 is 20.3 Å². The lowest BCUT2D eigenvalue weighted by atomic mass is 10.0. The normalized spacial score (nSPS) is 27.4. The Hall–Kier alpha value is -3.52. The zero-order chi connectivity index (χ0) is 31.3. The van der Waals surface area contributed by atoms with Crippen molar-refractivity contribution in [3.05, 3.63) is 42.2 Å². The van der Waals surface area contributed by atoms with Crippen LogP contribution >= 0.6 is 0 Å². The van der Waals surface area contributed by atoms with Crippen LogP contribution in [0.15, 0.2) is 36.5 Å². The van der Waals surface area contributed by atoms with Crippen LogP contribution in [0.5, 0.6) is 0 Å². The van der Waals surface area contributed by atoms with Crippen molar-refractivity contribution in [2.24, 2.45) is 5.92 Å². The summed E-state index contributed by atoms with van der Waals surface area (Å²) in [5.41, 5.74) is -1.75. The lowest BCUT2D eigenvalue weighted by molar-refractivity contribution is -0.141. The van der Waals surface area contributed by atoms with E-state index in [1.54, 1.807) is 39.0 Å². The summed E-state index contributed by atoms with van der Waals surface area (Å²) >= 11 is 0. The summed E-state index contributed by atoms with van der Waals surface area (Å²) in [5.74, 6) is -2.18. The molecular weight excluding hydrogens is 576 g/mol. The zero-order valence-corrected chi connectivity index (χ0v) is 25.7. The fraction of sp³-hybridized carbons (Fsp3) is 0.621. The second-order valence-corrected chi connectivity index (χ2v) is 13.8. The molecule has 1 aromatic rings. The van der Waals surface area contributed by atoms with Crippen molar-refractivity contribution in [3.8, 4) is 0 Å². The Labute approximate surface area is 252 Å². The van der Waals surface area contributed by atoms with Crippen molar-refractivity contribution in [1.29, 1.82) is 0 Å². The number of rotatable bonds is 6. The lowest BCUT2D eigenvalue weighted by Gasteiger charge is -2.30. The molecule has 1 saturated carbocycles. The van der Waals surface area contributed by atoms with E-state index < -0.39 is 57.3 Å². The second-order valence-electron chi connectivity index (χ2n) is 12.3. The first-order valence-electron chi connectivity index (χ1n) is 14.8. The predicted octanol–water partition coefficient (Wildman–Crippen LogP) is 1.81. The highest BCUT2D eigenvalue weighted by Crippen LogP contribution is 2.45. The summed E-state index contributed by atoms with van der Waals surface area (Å²) < 4.78 is 35.2. The number of alkyl carbamates (subject to hydrolysis) is 1. The molecule has 43 heavy (non-hydrogen) atoms. The van der Waals surface area contributed by atoms with Crippen LogP contribution < -0.4 is 20.1 Å². The van der Waals surface area contributed by atoms with Gasteiger partial charge in [0.1, 0.15) is 23.2 Å². The number of hydrogen-bond donors (Lipinski definition) is 4. The summed E-state index contributed by atoms with van der Waals surface area (Å²) in [6, 6.07) is 3.33. The number of amides is 4. The number of nitrogens with one attached hydrogen (secondary N) is 4. The third-order valence-corrected chi connectivity index (χ3v) is 8.70. The highest BCUT2D eigenvalue weighted by molar-refractivity contribution is 7.88. The number of ether oxygens (including phenoxy) is 1. The van der Waals surface area contributed by atoms with E-state index in [4.69, 9.17) is 4.74 Å². The SMILES string of the molecule is CC(C)(C)OC(=O)N[C@H]1CCCCC/C=C\[C@@H]2C[C@@]2(C(=O)NS(=O)(=O)NCc2ccccn2)NC(=O)[C@@H]2CCCN2C1=O. The van der Waals surface area contributed by atoms with Crippen molar-refractivity contribution in [2.45, 2.75) is 102 Å². The summed E-state index contributed by atoms with van der Waals surface area (Å²) in [6.07, 6.45) is 9.18. The maximum absolute atomic E-state index is 13.7.